The first-order chi connectivity index (χ1) is 21.7. The van der Waals surface area contributed by atoms with Crippen LogP contribution in [0.1, 0.15) is 82.9 Å². The van der Waals surface area contributed by atoms with Gasteiger partial charge in [0.2, 0.25) is 17.7 Å². The van der Waals surface area contributed by atoms with E-state index in [0.29, 0.717) is 32.5 Å². The average Bonchev–Trinajstić information content (AvgIpc) is 3.53. The Morgan fingerprint density at radius 2 is 1.54 bits per heavy atom. The number of ether oxygens (including phenoxy) is 3. The number of nitrogens with zero attached hydrogens (tertiary/aromatic N) is 1. The highest BCUT2D eigenvalue weighted by Crippen LogP contribution is 2.34. The second-order valence-corrected chi connectivity index (χ2v) is 13.8. The number of carbonyl (C=O) groups excluding carboxylic acids is 4. The Bertz CT molecular complexity index is 1100. The monoisotopic (exact) mass is 671 g/mol. The van der Waals surface area contributed by atoms with Crippen LogP contribution in [0.15, 0.2) is 11.6 Å². The molecular formula is C31H53N5O9S. The van der Waals surface area contributed by atoms with Gasteiger partial charge < -0.3 is 45.7 Å². The Morgan fingerprint density at radius 1 is 0.913 bits per heavy atom. The summed E-state index contributed by atoms with van der Waals surface area (Å²) in [5.74, 6) is -1.04. The van der Waals surface area contributed by atoms with E-state index in [0.717, 1.165) is 25.7 Å². The molecule has 0 radical (unpaired) electrons. The fourth-order valence-electron chi connectivity index (χ4n) is 5.38. The van der Waals surface area contributed by atoms with E-state index >= 15 is 0 Å². The third-order valence-electron chi connectivity index (χ3n) is 7.72. The van der Waals surface area contributed by atoms with Crippen LogP contribution in [0.25, 0.3) is 0 Å². The topological polar surface area (TPSA) is 197 Å². The number of aliphatic hydroxyl groups excluding tert-OH is 2. The zero-order valence-electron chi connectivity index (χ0n) is 27.9. The lowest BCUT2D eigenvalue weighted by atomic mass is 9.74. The summed E-state index contributed by atoms with van der Waals surface area (Å²) in [4.78, 5) is 53.5. The molecule has 4 amide bonds. The highest BCUT2D eigenvalue weighted by molar-refractivity contribution is 7.11. The molecule has 2 rings (SSSR count). The molecule has 1 fully saturated rings. The number of thiazole rings is 1. The summed E-state index contributed by atoms with van der Waals surface area (Å²) in [6.07, 6.45) is 0.905. The molecule has 2 heterocycles. The number of hydrogen-bond acceptors (Lipinski definition) is 11. The molecule has 0 spiro atoms. The van der Waals surface area contributed by atoms with Crippen LogP contribution in [0.5, 0.6) is 0 Å². The van der Waals surface area contributed by atoms with Gasteiger partial charge in [0.25, 0.3) is 5.91 Å². The molecule has 1 aliphatic rings. The summed E-state index contributed by atoms with van der Waals surface area (Å²) in [5, 5.41) is 34.4. The van der Waals surface area contributed by atoms with Crippen molar-refractivity contribution in [2.24, 2.45) is 10.8 Å². The van der Waals surface area contributed by atoms with Crippen molar-refractivity contribution < 1.29 is 43.6 Å². The van der Waals surface area contributed by atoms with Crippen molar-refractivity contribution in [1.29, 1.82) is 0 Å². The molecule has 1 saturated heterocycles. The minimum absolute atomic E-state index is 0.0894. The maximum Gasteiger partial charge on any atom is 0.280 e. The molecule has 5 atom stereocenters. The molecule has 262 valence electrons. The van der Waals surface area contributed by atoms with Crippen molar-refractivity contribution in [3.8, 4) is 0 Å². The summed E-state index contributed by atoms with van der Waals surface area (Å²) in [5.41, 5.74) is -1.44. The summed E-state index contributed by atoms with van der Waals surface area (Å²) in [6, 6.07) is -0.997. The zero-order valence-corrected chi connectivity index (χ0v) is 28.7. The van der Waals surface area contributed by atoms with Gasteiger partial charge in [0, 0.05) is 69.3 Å². The van der Waals surface area contributed by atoms with Crippen LogP contribution in [-0.2, 0) is 28.6 Å². The summed E-state index contributed by atoms with van der Waals surface area (Å²) in [7, 11) is 1.62. The van der Waals surface area contributed by atoms with Crippen LogP contribution >= 0.6 is 11.3 Å². The van der Waals surface area contributed by atoms with Crippen LogP contribution in [0.4, 0.5) is 0 Å². The number of methoxy groups -OCH3 is 1. The fourth-order valence-corrected chi connectivity index (χ4v) is 5.93. The molecule has 0 bridgehead atoms. The van der Waals surface area contributed by atoms with E-state index in [-0.39, 0.29) is 30.0 Å². The van der Waals surface area contributed by atoms with Crippen molar-refractivity contribution in [1.82, 2.24) is 26.3 Å². The molecule has 6 N–H and O–H groups in total. The smallest absolute Gasteiger partial charge is 0.280 e. The fraction of sp³-hybridized carbons (Fsp3) is 0.774. The van der Waals surface area contributed by atoms with Crippen molar-refractivity contribution in [3.05, 3.63) is 16.6 Å². The lowest BCUT2D eigenvalue weighted by molar-refractivity contribution is -0.262. The number of aromatic nitrogens is 1. The van der Waals surface area contributed by atoms with E-state index in [9.17, 15) is 29.4 Å². The quantitative estimate of drug-likeness (QED) is 0.109. The number of nitrogens with one attached hydrogen (secondary N) is 4. The predicted molar refractivity (Wildman–Crippen MR) is 172 cm³/mol. The van der Waals surface area contributed by atoms with Gasteiger partial charge in [-0.05, 0) is 25.7 Å². The zero-order chi connectivity index (χ0) is 34.3. The Kier molecular flexibility index (Phi) is 16.5. The van der Waals surface area contributed by atoms with Crippen LogP contribution < -0.4 is 21.3 Å². The second-order valence-electron chi connectivity index (χ2n) is 12.9. The summed E-state index contributed by atoms with van der Waals surface area (Å²) < 4.78 is 16.8. The summed E-state index contributed by atoms with van der Waals surface area (Å²) in [6.45, 7) is 10.4. The molecule has 15 heteroatoms. The van der Waals surface area contributed by atoms with E-state index in [4.69, 9.17) is 14.2 Å². The molecule has 14 nitrogen and oxygen atoms in total. The van der Waals surface area contributed by atoms with Crippen molar-refractivity contribution in [2.75, 3.05) is 40.0 Å². The Hall–Kier alpha value is -2.69. The van der Waals surface area contributed by atoms with Gasteiger partial charge in [-0.3, -0.25) is 19.2 Å². The minimum atomic E-state index is -1.38. The number of carbonyl (C=O) groups is 4. The van der Waals surface area contributed by atoms with E-state index < -0.39 is 53.3 Å². The molecule has 0 aromatic carbocycles. The number of unbranched alkanes of at least 4 members (excludes halogenated alkanes) is 3. The Morgan fingerprint density at radius 3 is 2.13 bits per heavy atom. The van der Waals surface area contributed by atoms with Gasteiger partial charge in [0.05, 0.1) is 0 Å². The molecule has 0 aliphatic carbocycles. The van der Waals surface area contributed by atoms with E-state index in [1.165, 1.54) is 24.5 Å². The highest BCUT2D eigenvalue weighted by Gasteiger charge is 2.45. The number of amides is 4. The molecule has 0 saturated carbocycles. The van der Waals surface area contributed by atoms with E-state index in [2.05, 4.69) is 26.3 Å². The van der Waals surface area contributed by atoms with Crippen LogP contribution in [-0.4, -0.2) is 109 Å². The third-order valence-corrected chi connectivity index (χ3v) is 8.50. The largest absolute Gasteiger partial charge is 0.388 e. The second kappa shape index (κ2) is 19.2. The number of rotatable bonds is 20. The van der Waals surface area contributed by atoms with Gasteiger partial charge in [0.1, 0.15) is 24.4 Å². The third kappa shape index (κ3) is 12.8. The molecule has 1 aromatic rings. The highest BCUT2D eigenvalue weighted by atomic mass is 32.1. The first-order valence-electron chi connectivity index (χ1n) is 15.8. The molecule has 5 unspecified atom stereocenters. The van der Waals surface area contributed by atoms with Crippen LogP contribution in [0, 0.1) is 10.8 Å². The maximum absolute atomic E-state index is 12.9. The van der Waals surface area contributed by atoms with Crippen molar-refractivity contribution >= 4 is 35.0 Å². The SMILES string of the molecule is COCCCNC(=O)C(C)(C)CC(C)(C)C(=O)NCCCCCCOC1OC(CNC(=O)c2nccs2)C(O)C(O)C1NC(C)=O. The molecule has 1 aliphatic heterocycles. The Balaban J connectivity index is 1.73. The van der Waals surface area contributed by atoms with Crippen LogP contribution in [0.3, 0.4) is 0 Å². The van der Waals surface area contributed by atoms with Crippen molar-refractivity contribution in [2.45, 2.75) is 104 Å². The molecule has 1 aromatic heterocycles. The molecule has 46 heavy (non-hydrogen) atoms. The lowest BCUT2D eigenvalue weighted by Crippen LogP contribution is -2.65. The van der Waals surface area contributed by atoms with Crippen LogP contribution in [0.2, 0.25) is 0 Å². The van der Waals surface area contributed by atoms with Gasteiger partial charge in [-0.15, -0.1) is 11.3 Å². The number of hydrogen-bond donors (Lipinski definition) is 6. The van der Waals surface area contributed by atoms with E-state index in [1.54, 1.807) is 12.5 Å². The average molecular weight is 672 g/mol. The van der Waals surface area contributed by atoms with Gasteiger partial charge in [0.15, 0.2) is 11.3 Å². The minimum Gasteiger partial charge on any atom is -0.388 e. The van der Waals surface area contributed by atoms with Gasteiger partial charge >= 0.3 is 0 Å². The van der Waals surface area contributed by atoms with Crippen molar-refractivity contribution in [3.63, 3.8) is 0 Å². The van der Waals surface area contributed by atoms with Gasteiger partial charge in [-0.25, -0.2) is 4.98 Å². The first-order valence-corrected chi connectivity index (χ1v) is 16.7. The van der Waals surface area contributed by atoms with Gasteiger partial charge in [-0.1, -0.05) is 40.5 Å². The standard InChI is InChI=1S/C31H53N5O9S/c1-20(37)36-22-24(39)23(38)21(18-35-25(40)26-32-14-17-46-26)45-27(22)44-16-10-8-7-9-12-33-28(41)30(2,3)19-31(4,5)29(42)34-13-11-15-43-6/h14,17,21-24,27,38-39H,7-13,15-16,18-19H2,1-6H3,(H,33,41)(H,34,42)(H,35,40)(H,36,37). The maximum atomic E-state index is 12.9. The predicted octanol–water partition coefficient (Wildman–Crippen LogP) is 1.11. The normalized spacial score (nSPS) is 21.8. The Labute approximate surface area is 275 Å². The van der Waals surface area contributed by atoms with E-state index in [1.807, 2.05) is 27.7 Å². The summed E-state index contributed by atoms with van der Waals surface area (Å²) >= 11 is 1.17. The lowest BCUT2D eigenvalue weighted by Gasteiger charge is -2.42. The first kappa shape index (κ1) is 39.5. The molecular weight excluding hydrogens is 618 g/mol. The number of aliphatic hydroxyl groups is 2. The van der Waals surface area contributed by atoms with Gasteiger partial charge in [-0.2, -0.15) is 0 Å².